The summed E-state index contributed by atoms with van der Waals surface area (Å²) in [6, 6.07) is 4.71. The Morgan fingerprint density at radius 3 is 2.59 bits per heavy atom. The molecule has 2 heterocycles. The smallest absolute Gasteiger partial charge is 0.270 e. The Kier molecular flexibility index (Phi) is 5.76. The van der Waals surface area contributed by atoms with E-state index in [0.717, 1.165) is 25.2 Å². The largest absolute Gasteiger partial charge is 0.378 e. The van der Waals surface area contributed by atoms with Crippen molar-refractivity contribution in [1.82, 2.24) is 4.90 Å². The standard InChI is InChI=1S/C22H31N3O4/c1-17-7-10-24(16-22(17)8-3-2-4-9-22)21(26)19-15-18(25(27)28)5-6-20(19)23-11-13-29-14-12-23/h5-6,15,17H,2-4,7-14,16H2,1H3. The number of hydrogen-bond donors (Lipinski definition) is 0. The van der Waals surface area contributed by atoms with Crippen molar-refractivity contribution < 1.29 is 14.5 Å². The molecule has 1 aromatic rings. The molecule has 1 aliphatic carbocycles. The van der Waals surface area contributed by atoms with E-state index < -0.39 is 4.92 Å². The number of piperidine rings is 1. The second-order valence-corrected chi connectivity index (χ2v) is 8.90. The molecule has 1 saturated carbocycles. The maximum absolute atomic E-state index is 13.6. The number of carbonyl (C=O) groups excluding carboxylic acids is 1. The fourth-order valence-corrected chi connectivity index (χ4v) is 5.41. The summed E-state index contributed by atoms with van der Waals surface area (Å²) in [6.45, 7) is 6.44. The summed E-state index contributed by atoms with van der Waals surface area (Å²) in [4.78, 5) is 28.7. The predicted molar refractivity (Wildman–Crippen MR) is 111 cm³/mol. The van der Waals surface area contributed by atoms with E-state index in [0.29, 0.717) is 37.8 Å². The van der Waals surface area contributed by atoms with Crippen LogP contribution in [0.15, 0.2) is 18.2 Å². The number of morpholine rings is 1. The Morgan fingerprint density at radius 1 is 1.17 bits per heavy atom. The molecule has 3 fully saturated rings. The summed E-state index contributed by atoms with van der Waals surface area (Å²) in [5.41, 5.74) is 1.44. The van der Waals surface area contributed by atoms with Crippen molar-refractivity contribution in [1.29, 1.82) is 0 Å². The van der Waals surface area contributed by atoms with E-state index in [1.165, 1.54) is 44.2 Å². The highest BCUT2D eigenvalue weighted by atomic mass is 16.6. The van der Waals surface area contributed by atoms with Crippen LogP contribution in [-0.2, 0) is 4.74 Å². The van der Waals surface area contributed by atoms with Crippen LogP contribution in [0.3, 0.4) is 0 Å². The van der Waals surface area contributed by atoms with Crippen molar-refractivity contribution in [3.63, 3.8) is 0 Å². The van der Waals surface area contributed by atoms with Crippen LogP contribution in [0.1, 0.15) is 55.8 Å². The topological polar surface area (TPSA) is 75.9 Å². The maximum Gasteiger partial charge on any atom is 0.270 e. The van der Waals surface area contributed by atoms with Crippen LogP contribution in [0, 0.1) is 21.4 Å². The Morgan fingerprint density at radius 2 is 1.90 bits per heavy atom. The molecule has 29 heavy (non-hydrogen) atoms. The zero-order valence-corrected chi connectivity index (χ0v) is 17.3. The Bertz CT molecular complexity index is 769. The molecule has 7 nitrogen and oxygen atoms in total. The Hall–Kier alpha value is -2.15. The number of likely N-dealkylation sites (tertiary alicyclic amines) is 1. The van der Waals surface area contributed by atoms with Crippen LogP contribution in [0.2, 0.25) is 0 Å². The van der Waals surface area contributed by atoms with Crippen molar-refractivity contribution >= 4 is 17.3 Å². The first-order valence-corrected chi connectivity index (χ1v) is 10.9. The molecule has 158 valence electrons. The van der Waals surface area contributed by atoms with Crippen molar-refractivity contribution in [2.24, 2.45) is 11.3 Å². The van der Waals surface area contributed by atoms with Gasteiger partial charge in [0.15, 0.2) is 0 Å². The molecule has 1 amide bonds. The average molecular weight is 402 g/mol. The molecule has 3 aliphatic rings. The third-order valence-corrected chi connectivity index (χ3v) is 7.29. The lowest BCUT2D eigenvalue weighted by atomic mass is 9.63. The highest BCUT2D eigenvalue weighted by molar-refractivity contribution is 6.00. The number of rotatable bonds is 3. The second kappa shape index (κ2) is 8.30. The van der Waals surface area contributed by atoms with E-state index in [1.807, 2.05) is 4.90 Å². The molecule has 1 spiro atoms. The molecule has 0 bridgehead atoms. The highest BCUT2D eigenvalue weighted by Crippen LogP contribution is 2.47. The molecule has 1 unspecified atom stereocenters. The lowest BCUT2D eigenvalue weighted by Gasteiger charge is -2.49. The predicted octanol–water partition coefficient (Wildman–Crippen LogP) is 3.86. The Balaban J connectivity index is 1.64. The lowest BCUT2D eigenvalue weighted by Crippen LogP contribution is -2.51. The number of benzene rings is 1. The van der Waals surface area contributed by atoms with Gasteiger partial charge in [0.05, 0.1) is 29.4 Å². The number of nitro benzene ring substituents is 1. The molecular weight excluding hydrogens is 370 g/mol. The minimum Gasteiger partial charge on any atom is -0.378 e. The molecule has 1 aromatic carbocycles. The monoisotopic (exact) mass is 401 g/mol. The minimum atomic E-state index is -0.416. The molecule has 1 atom stereocenters. The van der Waals surface area contributed by atoms with Crippen molar-refractivity contribution in [2.75, 3.05) is 44.3 Å². The summed E-state index contributed by atoms with van der Waals surface area (Å²) in [5.74, 6) is 0.558. The molecule has 0 N–H and O–H groups in total. The third-order valence-electron chi connectivity index (χ3n) is 7.29. The number of amides is 1. The van der Waals surface area contributed by atoms with Gasteiger partial charge in [-0.05, 0) is 36.7 Å². The number of ether oxygens (including phenoxy) is 1. The molecule has 7 heteroatoms. The first kappa shape index (κ1) is 20.1. The molecule has 4 rings (SSSR count). The van der Waals surface area contributed by atoms with Gasteiger partial charge in [-0.2, -0.15) is 0 Å². The van der Waals surface area contributed by atoms with Crippen molar-refractivity contribution in [3.05, 3.63) is 33.9 Å². The van der Waals surface area contributed by atoms with Gasteiger partial charge in [0.1, 0.15) is 0 Å². The quantitative estimate of drug-likeness (QED) is 0.568. The highest BCUT2D eigenvalue weighted by Gasteiger charge is 2.43. The molecule has 2 saturated heterocycles. The number of carbonyl (C=O) groups is 1. The molecule has 0 aromatic heterocycles. The fraction of sp³-hybridized carbons (Fsp3) is 0.682. The van der Waals surface area contributed by atoms with Gasteiger partial charge < -0.3 is 14.5 Å². The third kappa shape index (κ3) is 3.97. The van der Waals surface area contributed by atoms with Gasteiger partial charge in [-0.3, -0.25) is 14.9 Å². The first-order valence-electron chi connectivity index (χ1n) is 10.9. The van der Waals surface area contributed by atoms with E-state index in [1.54, 1.807) is 6.07 Å². The fourth-order valence-electron chi connectivity index (χ4n) is 5.41. The zero-order chi connectivity index (χ0) is 20.4. The van der Waals surface area contributed by atoms with Gasteiger partial charge in [0, 0.05) is 38.3 Å². The number of non-ortho nitro benzene ring substituents is 1. The normalized spacial score (nSPS) is 24.5. The molecule has 2 aliphatic heterocycles. The van der Waals surface area contributed by atoms with Crippen LogP contribution in [0.4, 0.5) is 11.4 Å². The first-order chi connectivity index (χ1) is 14.0. The van der Waals surface area contributed by atoms with Gasteiger partial charge in [-0.15, -0.1) is 0 Å². The van der Waals surface area contributed by atoms with Gasteiger partial charge in [-0.25, -0.2) is 0 Å². The van der Waals surface area contributed by atoms with E-state index in [9.17, 15) is 14.9 Å². The van der Waals surface area contributed by atoms with Gasteiger partial charge in [0.2, 0.25) is 0 Å². The summed E-state index contributed by atoms with van der Waals surface area (Å²) < 4.78 is 5.44. The van der Waals surface area contributed by atoms with E-state index in [4.69, 9.17) is 4.74 Å². The minimum absolute atomic E-state index is 0.0249. The van der Waals surface area contributed by atoms with Crippen LogP contribution in [0.25, 0.3) is 0 Å². The number of nitrogens with zero attached hydrogens (tertiary/aromatic N) is 3. The van der Waals surface area contributed by atoms with Crippen LogP contribution in [0.5, 0.6) is 0 Å². The summed E-state index contributed by atoms with van der Waals surface area (Å²) in [7, 11) is 0. The van der Waals surface area contributed by atoms with Crippen LogP contribution >= 0.6 is 0 Å². The van der Waals surface area contributed by atoms with E-state index >= 15 is 0 Å². The van der Waals surface area contributed by atoms with Crippen LogP contribution < -0.4 is 4.90 Å². The SMILES string of the molecule is CC1CCN(C(=O)c2cc([N+](=O)[O-])ccc2N2CCOCC2)CC12CCCCC2. The molecule has 0 radical (unpaired) electrons. The van der Waals surface area contributed by atoms with Gasteiger partial charge in [0.25, 0.3) is 11.6 Å². The molecular formula is C22H31N3O4. The van der Waals surface area contributed by atoms with E-state index in [2.05, 4.69) is 11.8 Å². The summed E-state index contributed by atoms with van der Waals surface area (Å²) in [5, 5.41) is 11.4. The van der Waals surface area contributed by atoms with E-state index in [-0.39, 0.29) is 17.0 Å². The number of hydrogen-bond acceptors (Lipinski definition) is 5. The Labute approximate surface area is 172 Å². The van der Waals surface area contributed by atoms with Gasteiger partial charge >= 0.3 is 0 Å². The summed E-state index contributed by atoms with van der Waals surface area (Å²) in [6.07, 6.45) is 7.14. The maximum atomic E-state index is 13.6. The lowest BCUT2D eigenvalue weighted by molar-refractivity contribution is -0.384. The summed E-state index contributed by atoms with van der Waals surface area (Å²) >= 11 is 0. The average Bonchev–Trinajstić information content (AvgIpc) is 2.76. The number of nitro groups is 1. The number of anilines is 1. The van der Waals surface area contributed by atoms with Crippen LogP contribution in [-0.4, -0.2) is 55.1 Å². The zero-order valence-electron chi connectivity index (χ0n) is 17.3. The van der Waals surface area contributed by atoms with Crippen molar-refractivity contribution in [3.8, 4) is 0 Å². The van der Waals surface area contributed by atoms with Gasteiger partial charge in [-0.1, -0.05) is 26.2 Å². The second-order valence-electron chi connectivity index (χ2n) is 8.90. The van der Waals surface area contributed by atoms with Crippen molar-refractivity contribution in [2.45, 2.75) is 45.4 Å².